The first kappa shape index (κ1) is 7.83. The SMILES string of the molecule is Cc1[nH]c(=O)cc(Cl)c1C#N. The van der Waals surface area contributed by atoms with Gasteiger partial charge >= 0.3 is 0 Å². The molecule has 0 fully saturated rings. The molecule has 1 rings (SSSR count). The highest BCUT2D eigenvalue weighted by Crippen LogP contribution is 2.13. The summed E-state index contributed by atoms with van der Waals surface area (Å²) in [4.78, 5) is 13.2. The summed E-state index contributed by atoms with van der Waals surface area (Å²) >= 11 is 5.59. The summed E-state index contributed by atoms with van der Waals surface area (Å²) in [6.45, 7) is 1.63. The minimum atomic E-state index is -0.286. The number of nitriles is 1. The maximum atomic E-state index is 10.7. The number of halogens is 1. The highest BCUT2D eigenvalue weighted by molar-refractivity contribution is 6.31. The van der Waals surface area contributed by atoms with Crippen LogP contribution in [-0.4, -0.2) is 4.98 Å². The number of aryl methyl sites for hydroxylation is 1. The maximum absolute atomic E-state index is 10.7. The van der Waals surface area contributed by atoms with E-state index in [1.54, 1.807) is 6.92 Å². The van der Waals surface area contributed by atoms with Gasteiger partial charge in [0.1, 0.15) is 6.07 Å². The monoisotopic (exact) mass is 168 g/mol. The highest BCUT2D eigenvalue weighted by Gasteiger charge is 2.03. The van der Waals surface area contributed by atoms with E-state index in [0.717, 1.165) is 0 Å². The van der Waals surface area contributed by atoms with E-state index in [0.29, 0.717) is 11.3 Å². The van der Waals surface area contributed by atoms with Crippen molar-refractivity contribution in [3.05, 3.63) is 32.7 Å². The second kappa shape index (κ2) is 2.77. The van der Waals surface area contributed by atoms with Crippen LogP contribution in [0.25, 0.3) is 0 Å². The number of pyridine rings is 1. The molecule has 1 heterocycles. The zero-order valence-electron chi connectivity index (χ0n) is 5.81. The summed E-state index contributed by atoms with van der Waals surface area (Å²) in [6.07, 6.45) is 0. The number of rotatable bonds is 0. The molecule has 0 saturated carbocycles. The summed E-state index contributed by atoms with van der Waals surface area (Å²) in [5.41, 5.74) is 0.544. The predicted molar refractivity (Wildman–Crippen MR) is 41.5 cm³/mol. The minimum Gasteiger partial charge on any atom is -0.325 e. The number of nitrogens with one attached hydrogen (secondary N) is 1. The maximum Gasteiger partial charge on any atom is 0.249 e. The molecular formula is C7H5ClN2O. The van der Waals surface area contributed by atoms with Gasteiger partial charge in [0, 0.05) is 11.8 Å². The molecule has 3 nitrogen and oxygen atoms in total. The van der Waals surface area contributed by atoms with Crippen molar-refractivity contribution in [3.8, 4) is 6.07 Å². The zero-order valence-corrected chi connectivity index (χ0v) is 6.57. The predicted octanol–water partition coefficient (Wildman–Crippen LogP) is 1.21. The normalized spacial score (nSPS) is 9.18. The molecule has 0 spiro atoms. The average molecular weight is 169 g/mol. The summed E-state index contributed by atoms with van der Waals surface area (Å²) in [7, 11) is 0. The number of hydrogen-bond acceptors (Lipinski definition) is 2. The first-order chi connectivity index (χ1) is 5.15. The number of aromatic amines is 1. The Morgan fingerprint density at radius 2 is 2.36 bits per heavy atom. The first-order valence-corrected chi connectivity index (χ1v) is 3.32. The van der Waals surface area contributed by atoms with Crippen LogP contribution in [0.15, 0.2) is 10.9 Å². The van der Waals surface area contributed by atoms with Crippen LogP contribution in [0.4, 0.5) is 0 Å². The van der Waals surface area contributed by atoms with Crippen LogP contribution >= 0.6 is 11.6 Å². The third-order valence-electron chi connectivity index (χ3n) is 1.29. The fraction of sp³-hybridized carbons (Fsp3) is 0.143. The smallest absolute Gasteiger partial charge is 0.249 e. The van der Waals surface area contributed by atoms with E-state index in [1.807, 2.05) is 6.07 Å². The Hall–Kier alpha value is -1.27. The van der Waals surface area contributed by atoms with Crippen LogP contribution in [0.3, 0.4) is 0 Å². The molecule has 0 atom stereocenters. The lowest BCUT2D eigenvalue weighted by Gasteiger charge is -1.96. The van der Waals surface area contributed by atoms with Gasteiger partial charge in [-0.25, -0.2) is 0 Å². The summed E-state index contributed by atoms with van der Waals surface area (Å²) in [5.74, 6) is 0. The lowest BCUT2D eigenvalue weighted by Crippen LogP contribution is -2.07. The van der Waals surface area contributed by atoms with Crippen LogP contribution < -0.4 is 5.56 Å². The molecule has 0 bridgehead atoms. The lowest BCUT2D eigenvalue weighted by molar-refractivity contribution is 1.13. The Labute approximate surface area is 68.2 Å². The molecule has 0 unspecified atom stereocenters. The molecule has 0 radical (unpaired) electrons. The molecule has 56 valence electrons. The second-order valence-electron chi connectivity index (χ2n) is 2.09. The Bertz CT molecular complexity index is 349. The summed E-state index contributed by atoms with van der Waals surface area (Å²) in [5, 5.41) is 8.74. The van der Waals surface area contributed by atoms with Gasteiger partial charge in [-0.05, 0) is 6.92 Å². The summed E-state index contributed by atoms with van der Waals surface area (Å²) in [6, 6.07) is 3.08. The Kier molecular flexibility index (Phi) is 1.97. The Balaban J connectivity index is 3.52. The molecule has 0 aliphatic heterocycles. The number of nitrogens with zero attached hydrogens (tertiary/aromatic N) is 1. The van der Waals surface area contributed by atoms with E-state index < -0.39 is 0 Å². The molecule has 0 aromatic carbocycles. The van der Waals surface area contributed by atoms with Crippen molar-refractivity contribution in [1.29, 1.82) is 5.26 Å². The van der Waals surface area contributed by atoms with Crippen LogP contribution in [0.2, 0.25) is 5.02 Å². The third-order valence-corrected chi connectivity index (χ3v) is 1.59. The van der Waals surface area contributed by atoms with Crippen molar-refractivity contribution in [2.45, 2.75) is 6.92 Å². The van der Waals surface area contributed by atoms with Gasteiger partial charge in [-0.15, -0.1) is 0 Å². The molecule has 4 heteroatoms. The Morgan fingerprint density at radius 3 is 2.82 bits per heavy atom. The molecule has 11 heavy (non-hydrogen) atoms. The molecular weight excluding hydrogens is 164 g/mol. The van der Waals surface area contributed by atoms with Crippen molar-refractivity contribution < 1.29 is 0 Å². The van der Waals surface area contributed by atoms with E-state index in [9.17, 15) is 4.79 Å². The molecule has 0 saturated heterocycles. The van der Waals surface area contributed by atoms with E-state index in [4.69, 9.17) is 16.9 Å². The van der Waals surface area contributed by atoms with Gasteiger partial charge in [-0.3, -0.25) is 4.79 Å². The fourth-order valence-corrected chi connectivity index (χ4v) is 1.07. The Morgan fingerprint density at radius 1 is 1.73 bits per heavy atom. The minimum absolute atomic E-state index is 0.203. The van der Waals surface area contributed by atoms with Crippen molar-refractivity contribution in [1.82, 2.24) is 4.98 Å². The van der Waals surface area contributed by atoms with Crippen LogP contribution in [0.5, 0.6) is 0 Å². The third kappa shape index (κ3) is 1.41. The van der Waals surface area contributed by atoms with Gasteiger partial charge in [0.25, 0.3) is 0 Å². The number of H-pyrrole nitrogens is 1. The molecule has 1 aromatic heterocycles. The average Bonchev–Trinajstić information content (AvgIpc) is 1.85. The van der Waals surface area contributed by atoms with E-state index >= 15 is 0 Å². The molecule has 1 N–H and O–H groups in total. The highest BCUT2D eigenvalue weighted by atomic mass is 35.5. The van der Waals surface area contributed by atoms with Crippen LogP contribution in [-0.2, 0) is 0 Å². The van der Waals surface area contributed by atoms with Gasteiger partial charge in [-0.1, -0.05) is 11.6 Å². The molecule has 1 aromatic rings. The zero-order chi connectivity index (χ0) is 8.43. The fourth-order valence-electron chi connectivity index (χ4n) is 0.787. The van der Waals surface area contributed by atoms with Gasteiger partial charge < -0.3 is 4.98 Å². The topological polar surface area (TPSA) is 56.6 Å². The molecule has 0 aliphatic carbocycles. The summed E-state index contributed by atoms with van der Waals surface area (Å²) < 4.78 is 0. The van der Waals surface area contributed by atoms with E-state index in [-0.39, 0.29) is 10.6 Å². The quantitative estimate of drug-likeness (QED) is 0.633. The van der Waals surface area contributed by atoms with Crippen molar-refractivity contribution in [2.75, 3.05) is 0 Å². The number of hydrogen-bond donors (Lipinski definition) is 1. The van der Waals surface area contributed by atoms with Crippen molar-refractivity contribution in [2.24, 2.45) is 0 Å². The number of aromatic nitrogens is 1. The molecule has 0 aliphatic rings. The van der Waals surface area contributed by atoms with Crippen molar-refractivity contribution in [3.63, 3.8) is 0 Å². The lowest BCUT2D eigenvalue weighted by atomic mass is 10.2. The van der Waals surface area contributed by atoms with E-state index in [1.165, 1.54) is 6.07 Å². The second-order valence-corrected chi connectivity index (χ2v) is 2.50. The first-order valence-electron chi connectivity index (χ1n) is 2.94. The van der Waals surface area contributed by atoms with Gasteiger partial charge in [0.2, 0.25) is 5.56 Å². The molecule has 0 amide bonds. The van der Waals surface area contributed by atoms with Gasteiger partial charge in [0.15, 0.2) is 0 Å². The van der Waals surface area contributed by atoms with E-state index in [2.05, 4.69) is 4.98 Å². The van der Waals surface area contributed by atoms with Gasteiger partial charge in [0.05, 0.1) is 10.6 Å². The largest absolute Gasteiger partial charge is 0.325 e. The van der Waals surface area contributed by atoms with Crippen LogP contribution in [0.1, 0.15) is 11.3 Å². The van der Waals surface area contributed by atoms with Gasteiger partial charge in [-0.2, -0.15) is 5.26 Å². The van der Waals surface area contributed by atoms with Crippen LogP contribution in [0, 0.1) is 18.3 Å². The van der Waals surface area contributed by atoms with Crippen molar-refractivity contribution >= 4 is 11.6 Å². The standard InChI is InChI=1S/C7H5ClN2O/c1-4-5(3-9)6(8)2-7(11)10-4/h2H,1H3,(H,10,11).